The minimum atomic E-state index is -0.937. The first-order valence-corrected chi connectivity index (χ1v) is 7.32. The lowest BCUT2D eigenvalue weighted by Crippen LogP contribution is -2.38. The third kappa shape index (κ3) is 3.87. The van der Waals surface area contributed by atoms with Crippen molar-refractivity contribution in [2.75, 3.05) is 19.6 Å². The molecule has 1 aromatic rings. The van der Waals surface area contributed by atoms with Crippen LogP contribution in [0.1, 0.15) is 25.5 Å². The molecule has 0 bridgehead atoms. The molecule has 120 valence electrons. The number of hydrogen-bond donors (Lipinski definition) is 1. The summed E-state index contributed by atoms with van der Waals surface area (Å²) in [7, 11) is 0. The van der Waals surface area contributed by atoms with E-state index in [2.05, 4.69) is 0 Å². The Morgan fingerprint density at radius 2 is 2.27 bits per heavy atom. The van der Waals surface area contributed by atoms with Crippen LogP contribution in [0, 0.1) is 5.92 Å². The molecule has 1 atom stereocenters. The van der Waals surface area contributed by atoms with Gasteiger partial charge in [0.1, 0.15) is 5.76 Å². The molecule has 0 spiro atoms. The quantitative estimate of drug-likeness (QED) is 0.810. The van der Waals surface area contributed by atoms with E-state index in [9.17, 15) is 14.4 Å². The molecule has 1 saturated heterocycles. The van der Waals surface area contributed by atoms with Crippen LogP contribution >= 0.6 is 0 Å². The SMILES string of the molecule is CCN(CCC(=O)O)C(=O)C1CC(=O)N(Cc2ccco2)C1. The topological polar surface area (TPSA) is 91.1 Å². The van der Waals surface area contributed by atoms with Gasteiger partial charge in [-0.15, -0.1) is 0 Å². The number of aliphatic carboxylic acids is 1. The van der Waals surface area contributed by atoms with Gasteiger partial charge in [0.15, 0.2) is 0 Å². The zero-order chi connectivity index (χ0) is 16.1. The van der Waals surface area contributed by atoms with Gasteiger partial charge in [0, 0.05) is 26.1 Å². The van der Waals surface area contributed by atoms with Crippen molar-refractivity contribution in [1.29, 1.82) is 0 Å². The summed E-state index contributed by atoms with van der Waals surface area (Å²) in [6.07, 6.45) is 1.63. The minimum absolute atomic E-state index is 0.0796. The Balaban J connectivity index is 1.93. The third-order valence-electron chi connectivity index (χ3n) is 3.78. The third-order valence-corrected chi connectivity index (χ3v) is 3.78. The van der Waals surface area contributed by atoms with E-state index in [1.54, 1.807) is 30.2 Å². The van der Waals surface area contributed by atoms with Gasteiger partial charge in [0.25, 0.3) is 0 Å². The maximum atomic E-state index is 12.4. The molecule has 1 aliphatic rings. The number of nitrogens with zero attached hydrogens (tertiary/aromatic N) is 2. The van der Waals surface area contributed by atoms with Gasteiger partial charge in [-0.3, -0.25) is 14.4 Å². The lowest BCUT2D eigenvalue weighted by molar-refractivity contribution is -0.139. The second kappa shape index (κ2) is 7.11. The molecule has 22 heavy (non-hydrogen) atoms. The summed E-state index contributed by atoms with van der Waals surface area (Å²) >= 11 is 0. The van der Waals surface area contributed by atoms with Crippen molar-refractivity contribution in [3.05, 3.63) is 24.2 Å². The van der Waals surface area contributed by atoms with Crippen LogP contribution in [-0.4, -0.2) is 52.3 Å². The lowest BCUT2D eigenvalue weighted by atomic mass is 10.1. The molecule has 1 fully saturated rings. The fourth-order valence-electron chi connectivity index (χ4n) is 2.59. The maximum absolute atomic E-state index is 12.4. The number of likely N-dealkylation sites (tertiary alicyclic amines) is 1. The average Bonchev–Trinajstić information content (AvgIpc) is 3.10. The number of rotatable bonds is 7. The average molecular weight is 308 g/mol. The van der Waals surface area contributed by atoms with Crippen molar-refractivity contribution in [2.24, 2.45) is 5.92 Å². The number of carboxylic acid groups (broad SMARTS) is 1. The van der Waals surface area contributed by atoms with Gasteiger partial charge < -0.3 is 19.3 Å². The molecule has 1 unspecified atom stereocenters. The molecule has 7 heteroatoms. The number of carbonyl (C=O) groups is 3. The van der Waals surface area contributed by atoms with E-state index < -0.39 is 11.9 Å². The molecule has 0 saturated carbocycles. The van der Waals surface area contributed by atoms with Crippen LogP contribution in [0.15, 0.2) is 22.8 Å². The molecule has 2 amide bonds. The number of furan rings is 1. The summed E-state index contributed by atoms with van der Waals surface area (Å²) in [6.45, 7) is 3.12. The van der Waals surface area contributed by atoms with Crippen LogP contribution in [-0.2, 0) is 20.9 Å². The largest absolute Gasteiger partial charge is 0.481 e. The smallest absolute Gasteiger partial charge is 0.305 e. The molecule has 0 aromatic carbocycles. The van der Waals surface area contributed by atoms with Crippen LogP contribution in [0.5, 0.6) is 0 Å². The Bertz CT molecular complexity index is 540. The van der Waals surface area contributed by atoms with E-state index in [1.807, 2.05) is 0 Å². The van der Waals surface area contributed by atoms with Gasteiger partial charge in [-0.05, 0) is 19.1 Å². The summed E-state index contributed by atoms with van der Waals surface area (Å²) < 4.78 is 5.22. The molecule has 2 rings (SSSR count). The molecule has 0 aliphatic carbocycles. The van der Waals surface area contributed by atoms with Gasteiger partial charge in [-0.1, -0.05) is 0 Å². The minimum Gasteiger partial charge on any atom is -0.481 e. The Labute approximate surface area is 128 Å². The van der Waals surface area contributed by atoms with E-state index in [4.69, 9.17) is 9.52 Å². The van der Waals surface area contributed by atoms with Crippen LogP contribution in [0.2, 0.25) is 0 Å². The van der Waals surface area contributed by atoms with E-state index in [0.29, 0.717) is 25.4 Å². The summed E-state index contributed by atoms with van der Waals surface area (Å²) in [5.74, 6) is -0.896. The number of hydrogen-bond acceptors (Lipinski definition) is 4. The Kier molecular flexibility index (Phi) is 5.19. The fraction of sp³-hybridized carbons (Fsp3) is 0.533. The monoisotopic (exact) mass is 308 g/mol. The Morgan fingerprint density at radius 3 is 2.86 bits per heavy atom. The van der Waals surface area contributed by atoms with E-state index in [1.165, 1.54) is 4.90 Å². The van der Waals surface area contributed by atoms with Gasteiger partial charge >= 0.3 is 5.97 Å². The number of carbonyl (C=O) groups excluding carboxylic acids is 2. The predicted octanol–water partition coefficient (Wildman–Crippen LogP) is 0.951. The van der Waals surface area contributed by atoms with Crippen LogP contribution in [0.4, 0.5) is 0 Å². The summed E-state index contributed by atoms with van der Waals surface area (Å²) in [5.41, 5.74) is 0. The van der Waals surface area contributed by atoms with Gasteiger partial charge in [-0.2, -0.15) is 0 Å². The van der Waals surface area contributed by atoms with Crippen molar-refractivity contribution < 1.29 is 23.9 Å². The molecule has 1 aliphatic heterocycles. The number of carboxylic acids is 1. The summed E-state index contributed by atoms with van der Waals surface area (Å²) in [5, 5.41) is 8.72. The second-order valence-electron chi connectivity index (χ2n) is 5.32. The zero-order valence-corrected chi connectivity index (χ0v) is 12.5. The highest BCUT2D eigenvalue weighted by atomic mass is 16.4. The highest BCUT2D eigenvalue weighted by molar-refractivity contribution is 5.89. The van der Waals surface area contributed by atoms with Crippen molar-refractivity contribution >= 4 is 17.8 Å². The predicted molar refractivity (Wildman–Crippen MR) is 76.7 cm³/mol. The van der Waals surface area contributed by atoms with E-state index in [0.717, 1.165) is 0 Å². The second-order valence-corrected chi connectivity index (χ2v) is 5.32. The van der Waals surface area contributed by atoms with E-state index in [-0.39, 0.29) is 31.2 Å². The molecule has 2 heterocycles. The first kappa shape index (κ1) is 16.1. The first-order chi connectivity index (χ1) is 10.5. The fourth-order valence-corrected chi connectivity index (χ4v) is 2.59. The number of amides is 2. The van der Waals surface area contributed by atoms with Gasteiger partial charge in [0.05, 0.1) is 25.1 Å². The molecule has 7 nitrogen and oxygen atoms in total. The molecular weight excluding hydrogens is 288 g/mol. The molecular formula is C15H20N2O5. The maximum Gasteiger partial charge on any atom is 0.305 e. The van der Waals surface area contributed by atoms with Crippen LogP contribution < -0.4 is 0 Å². The summed E-state index contributed by atoms with van der Waals surface area (Å²) in [6, 6.07) is 3.54. The van der Waals surface area contributed by atoms with Crippen molar-refractivity contribution in [1.82, 2.24) is 9.80 Å². The van der Waals surface area contributed by atoms with Crippen molar-refractivity contribution in [3.8, 4) is 0 Å². The van der Waals surface area contributed by atoms with Gasteiger partial charge in [0.2, 0.25) is 11.8 Å². The van der Waals surface area contributed by atoms with Crippen molar-refractivity contribution in [2.45, 2.75) is 26.3 Å². The van der Waals surface area contributed by atoms with Crippen LogP contribution in [0.25, 0.3) is 0 Å². The Morgan fingerprint density at radius 1 is 1.50 bits per heavy atom. The standard InChI is InChI=1S/C15H20N2O5/c1-2-16(6-5-14(19)20)15(21)11-8-13(18)17(9-11)10-12-4-3-7-22-12/h3-4,7,11H,2,5-6,8-10H2,1H3,(H,19,20). The first-order valence-electron chi connectivity index (χ1n) is 7.32. The zero-order valence-electron chi connectivity index (χ0n) is 12.5. The van der Waals surface area contributed by atoms with E-state index >= 15 is 0 Å². The van der Waals surface area contributed by atoms with Gasteiger partial charge in [-0.25, -0.2) is 0 Å². The molecule has 1 N–H and O–H groups in total. The molecule has 1 aromatic heterocycles. The van der Waals surface area contributed by atoms with Crippen molar-refractivity contribution in [3.63, 3.8) is 0 Å². The Hall–Kier alpha value is -2.31. The lowest BCUT2D eigenvalue weighted by Gasteiger charge is -2.23. The van der Waals surface area contributed by atoms with Crippen LogP contribution in [0.3, 0.4) is 0 Å². The normalized spacial score (nSPS) is 17.8. The summed E-state index contributed by atoms with van der Waals surface area (Å²) in [4.78, 5) is 38.2. The molecule has 0 radical (unpaired) electrons. The highest BCUT2D eigenvalue weighted by Gasteiger charge is 2.36. The highest BCUT2D eigenvalue weighted by Crippen LogP contribution is 2.22.